The standard InChI is InChI=1S/C28H23N7O3/c36-24-6-4-17-14-35(9-7-21(17)33-24)26(37)22-11-23(31-15-30-22)32-19-5-3-16-12-28(13-18(16)10-19)20-2-1-8-29-25(20)34-27(28)38/h1-6,8,10-11,15H,7,9,12-14H2,(H,33,36)(H,29,34,38)(H,30,31,32). The normalized spacial score (nSPS) is 19.1. The highest BCUT2D eigenvalue weighted by Crippen LogP contribution is 2.47. The monoisotopic (exact) mass is 505 g/mol. The summed E-state index contributed by atoms with van der Waals surface area (Å²) in [5.74, 6) is 0.948. The number of pyridine rings is 2. The van der Waals surface area contributed by atoms with Crippen molar-refractivity contribution in [2.45, 2.75) is 31.2 Å². The van der Waals surface area contributed by atoms with Crippen LogP contribution in [0.3, 0.4) is 0 Å². The highest BCUT2D eigenvalue weighted by molar-refractivity contribution is 6.06. The number of H-pyrrole nitrogens is 1. The minimum Gasteiger partial charge on any atom is -0.340 e. The molecule has 7 rings (SSSR count). The number of rotatable bonds is 3. The van der Waals surface area contributed by atoms with E-state index in [-0.39, 0.29) is 17.4 Å². The number of aromatic nitrogens is 4. The van der Waals surface area contributed by atoms with Gasteiger partial charge in [-0.15, -0.1) is 0 Å². The Morgan fingerprint density at radius 3 is 2.76 bits per heavy atom. The van der Waals surface area contributed by atoms with E-state index in [0.29, 0.717) is 49.7 Å². The molecule has 10 nitrogen and oxygen atoms in total. The number of hydrogen-bond donors (Lipinski definition) is 3. The number of nitrogens with one attached hydrogen (secondary N) is 3. The Hall–Kier alpha value is -4.86. The van der Waals surface area contributed by atoms with E-state index in [1.807, 2.05) is 30.3 Å². The number of aromatic amines is 1. The van der Waals surface area contributed by atoms with Gasteiger partial charge in [0.25, 0.3) is 5.91 Å². The first-order chi connectivity index (χ1) is 18.5. The molecule has 1 aliphatic carbocycles. The van der Waals surface area contributed by atoms with E-state index >= 15 is 0 Å². The summed E-state index contributed by atoms with van der Waals surface area (Å²) in [5, 5.41) is 6.23. The summed E-state index contributed by atoms with van der Waals surface area (Å²) in [6, 6.07) is 14.8. The van der Waals surface area contributed by atoms with Crippen molar-refractivity contribution in [3.05, 3.63) is 105 Å². The van der Waals surface area contributed by atoms with E-state index in [2.05, 4.69) is 30.6 Å². The van der Waals surface area contributed by atoms with Crippen LogP contribution in [0.1, 0.15) is 38.4 Å². The van der Waals surface area contributed by atoms with E-state index in [1.165, 1.54) is 12.4 Å². The molecule has 2 amide bonds. The molecule has 0 bridgehead atoms. The minimum absolute atomic E-state index is 0.0115. The molecule has 0 fully saturated rings. The Morgan fingerprint density at radius 2 is 1.84 bits per heavy atom. The van der Waals surface area contributed by atoms with Crippen LogP contribution in [0.15, 0.2) is 65.8 Å². The fourth-order valence-corrected chi connectivity index (χ4v) is 5.82. The van der Waals surface area contributed by atoms with Gasteiger partial charge in [-0.2, -0.15) is 0 Å². The summed E-state index contributed by atoms with van der Waals surface area (Å²) in [6.45, 7) is 0.911. The second kappa shape index (κ2) is 8.34. The van der Waals surface area contributed by atoms with Crippen molar-refractivity contribution in [1.82, 2.24) is 24.8 Å². The molecule has 0 radical (unpaired) electrons. The molecule has 38 heavy (non-hydrogen) atoms. The van der Waals surface area contributed by atoms with Crippen molar-refractivity contribution in [2.24, 2.45) is 0 Å². The van der Waals surface area contributed by atoms with Crippen molar-refractivity contribution >= 4 is 29.1 Å². The Kier molecular flexibility index (Phi) is 4.90. The number of fused-ring (bicyclic) bond motifs is 4. The number of carbonyl (C=O) groups is 2. The molecule has 2 aliphatic heterocycles. The topological polar surface area (TPSA) is 133 Å². The zero-order valence-electron chi connectivity index (χ0n) is 20.3. The number of nitrogens with zero attached hydrogens (tertiary/aromatic N) is 4. The lowest BCUT2D eigenvalue weighted by Gasteiger charge is -2.28. The molecule has 10 heteroatoms. The molecule has 4 aromatic rings. The molecule has 3 N–H and O–H groups in total. The van der Waals surface area contributed by atoms with Crippen molar-refractivity contribution < 1.29 is 9.59 Å². The van der Waals surface area contributed by atoms with Gasteiger partial charge in [-0.25, -0.2) is 15.0 Å². The Morgan fingerprint density at radius 1 is 0.974 bits per heavy atom. The molecule has 1 atom stereocenters. The lowest BCUT2D eigenvalue weighted by atomic mass is 9.79. The van der Waals surface area contributed by atoms with E-state index in [0.717, 1.165) is 33.6 Å². The maximum absolute atomic E-state index is 13.2. The van der Waals surface area contributed by atoms with Gasteiger partial charge in [0.1, 0.15) is 23.7 Å². The zero-order chi connectivity index (χ0) is 25.9. The molecule has 3 aliphatic rings. The summed E-state index contributed by atoms with van der Waals surface area (Å²) in [4.78, 5) is 55.2. The van der Waals surface area contributed by atoms with Crippen LogP contribution < -0.4 is 16.2 Å². The zero-order valence-corrected chi connectivity index (χ0v) is 20.3. The van der Waals surface area contributed by atoms with Gasteiger partial charge in [0.15, 0.2) is 0 Å². The summed E-state index contributed by atoms with van der Waals surface area (Å²) >= 11 is 0. The van der Waals surface area contributed by atoms with Crippen LogP contribution in [0, 0.1) is 0 Å². The quantitative estimate of drug-likeness (QED) is 0.390. The second-order valence-electron chi connectivity index (χ2n) is 9.99. The molecule has 188 valence electrons. The third-order valence-corrected chi connectivity index (χ3v) is 7.72. The lowest BCUT2D eigenvalue weighted by molar-refractivity contribution is -0.120. The SMILES string of the molecule is O=C(c1cc(Nc2ccc3c(c2)CC2(C3)C(=O)Nc3ncccc32)ncn1)N1CCc2[nH]c(=O)ccc2C1. The van der Waals surface area contributed by atoms with E-state index in [9.17, 15) is 14.4 Å². The predicted octanol–water partition coefficient (Wildman–Crippen LogP) is 2.49. The van der Waals surface area contributed by atoms with E-state index < -0.39 is 5.41 Å². The Labute approximate surface area is 217 Å². The largest absolute Gasteiger partial charge is 0.340 e. The molecule has 5 heterocycles. The fraction of sp³-hybridized carbons (Fsp3) is 0.214. The maximum Gasteiger partial charge on any atom is 0.272 e. The average Bonchev–Trinajstić information content (AvgIpc) is 3.45. The Balaban J connectivity index is 1.10. The number of anilines is 3. The molecule has 0 saturated carbocycles. The van der Waals surface area contributed by atoms with Gasteiger partial charge >= 0.3 is 0 Å². The first-order valence-electron chi connectivity index (χ1n) is 12.5. The van der Waals surface area contributed by atoms with E-state index in [1.54, 1.807) is 23.2 Å². The van der Waals surface area contributed by atoms with Crippen LogP contribution >= 0.6 is 0 Å². The number of hydrogen-bond acceptors (Lipinski definition) is 7. The predicted molar refractivity (Wildman–Crippen MR) is 139 cm³/mol. The van der Waals surface area contributed by atoms with Crippen molar-refractivity contribution in [3.8, 4) is 0 Å². The number of benzene rings is 1. The molecule has 1 unspecified atom stereocenters. The van der Waals surface area contributed by atoms with Gasteiger partial charge in [-0.3, -0.25) is 14.4 Å². The van der Waals surface area contributed by atoms with Crippen LogP contribution in [0.2, 0.25) is 0 Å². The van der Waals surface area contributed by atoms with Crippen molar-refractivity contribution in [3.63, 3.8) is 0 Å². The first kappa shape index (κ1) is 22.3. The van der Waals surface area contributed by atoms with Gasteiger partial charge in [0, 0.05) is 54.8 Å². The fourth-order valence-electron chi connectivity index (χ4n) is 5.82. The number of carbonyl (C=O) groups excluding carboxylic acids is 2. The summed E-state index contributed by atoms with van der Waals surface area (Å²) in [7, 11) is 0. The van der Waals surface area contributed by atoms with Gasteiger partial charge in [-0.1, -0.05) is 18.2 Å². The number of amides is 2. The van der Waals surface area contributed by atoms with Gasteiger partial charge in [0.2, 0.25) is 11.5 Å². The smallest absolute Gasteiger partial charge is 0.272 e. The van der Waals surface area contributed by atoms with Crippen molar-refractivity contribution in [1.29, 1.82) is 0 Å². The third-order valence-electron chi connectivity index (χ3n) is 7.72. The molecule has 1 spiro atoms. The van der Waals surface area contributed by atoms with Crippen LogP contribution in [0.4, 0.5) is 17.3 Å². The Bertz CT molecular complexity index is 1700. The summed E-state index contributed by atoms with van der Waals surface area (Å²) in [5.41, 5.74) is 5.33. The van der Waals surface area contributed by atoms with Gasteiger partial charge in [-0.05, 0) is 47.7 Å². The van der Waals surface area contributed by atoms with E-state index in [4.69, 9.17) is 0 Å². The highest BCUT2D eigenvalue weighted by atomic mass is 16.2. The molecular formula is C28H23N7O3. The van der Waals surface area contributed by atoms with Crippen LogP contribution in [0.25, 0.3) is 0 Å². The van der Waals surface area contributed by atoms with Crippen molar-refractivity contribution in [2.75, 3.05) is 17.2 Å². The van der Waals surface area contributed by atoms with Crippen LogP contribution in [0.5, 0.6) is 0 Å². The van der Waals surface area contributed by atoms with Gasteiger partial charge < -0.3 is 20.5 Å². The third kappa shape index (κ3) is 3.56. The summed E-state index contributed by atoms with van der Waals surface area (Å²) in [6.07, 6.45) is 4.88. The highest BCUT2D eigenvalue weighted by Gasteiger charge is 2.51. The summed E-state index contributed by atoms with van der Waals surface area (Å²) < 4.78 is 0. The lowest BCUT2D eigenvalue weighted by Crippen LogP contribution is -2.37. The van der Waals surface area contributed by atoms with Crippen LogP contribution in [-0.2, 0) is 36.0 Å². The van der Waals surface area contributed by atoms with Gasteiger partial charge in [0.05, 0.1) is 5.41 Å². The molecular weight excluding hydrogens is 482 g/mol. The molecule has 1 aromatic carbocycles. The molecule has 3 aromatic heterocycles. The second-order valence-corrected chi connectivity index (χ2v) is 9.99. The minimum atomic E-state index is -0.626. The average molecular weight is 506 g/mol. The maximum atomic E-state index is 13.2. The first-order valence-corrected chi connectivity index (χ1v) is 12.5. The molecule has 0 saturated heterocycles. The van der Waals surface area contributed by atoms with Crippen LogP contribution in [-0.4, -0.2) is 43.2 Å².